The summed E-state index contributed by atoms with van der Waals surface area (Å²) < 4.78 is 40.8. The van der Waals surface area contributed by atoms with Crippen LogP contribution in [0.4, 0.5) is 5.95 Å². The number of hydrogen-bond acceptors (Lipinski definition) is 14. The SMILES string of the molecule is COc1nc(N)nc2c1ncn2C1OC(CO[P+](=O)OCc2cc(CC(C)OC(=O)C(C)[N+]#N)ccc2C)C(O)C1O. The third-order valence-electron chi connectivity index (χ3n) is 6.65. The predicted octanol–water partition coefficient (Wildman–Crippen LogP) is 1.95. The van der Waals surface area contributed by atoms with Crippen molar-refractivity contribution >= 4 is 31.3 Å². The van der Waals surface area contributed by atoms with Crippen LogP contribution >= 0.6 is 8.25 Å². The van der Waals surface area contributed by atoms with Crippen molar-refractivity contribution in [3.63, 3.8) is 0 Å². The van der Waals surface area contributed by atoms with Crippen LogP contribution in [0.25, 0.3) is 16.1 Å². The van der Waals surface area contributed by atoms with E-state index in [0.717, 1.165) is 16.7 Å². The van der Waals surface area contributed by atoms with Crippen molar-refractivity contribution in [2.75, 3.05) is 19.5 Å². The number of nitrogens with two attached hydrogens (primary N) is 1. The second-order valence-corrected chi connectivity index (χ2v) is 10.7. The number of rotatable bonds is 12. The van der Waals surface area contributed by atoms with E-state index in [1.54, 1.807) is 6.92 Å². The molecular weight excluding hydrogens is 573 g/mol. The number of aliphatic hydroxyl groups is 2. The molecule has 0 bridgehead atoms. The summed E-state index contributed by atoms with van der Waals surface area (Å²) in [6.07, 6.45) is -3.61. The molecule has 4 rings (SSSR count). The minimum absolute atomic E-state index is 0.0349. The first kappa shape index (κ1) is 31.1. The second-order valence-electron chi connectivity index (χ2n) is 9.76. The summed E-state index contributed by atoms with van der Waals surface area (Å²) in [6.45, 7) is 4.64. The summed E-state index contributed by atoms with van der Waals surface area (Å²) in [5.41, 5.74) is 8.74. The van der Waals surface area contributed by atoms with Gasteiger partial charge in [-0.05, 0) is 30.5 Å². The van der Waals surface area contributed by atoms with E-state index < -0.39 is 50.9 Å². The molecule has 224 valence electrons. The van der Waals surface area contributed by atoms with E-state index in [1.807, 2.05) is 25.1 Å². The fourth-order valence-corrected chi connectivity index (χ4v) is 4.94. The molecule has 42 heavy (non-hydrogen) atoms. The van der Waals surface area contributed by atoms with Gasteiger partial charge in [0, 0.05) is 17.9 Å². The number of methoxy groups -OCH3 is 1. The van der Waals surface area contributed by atoms with Gasteiger partial charge in [-0.1, -0.05) is 18.2 Å². The molecular formula is C25H32N7O9P+2. The molecule has 7 atom stereocenters. The predicted molar refractivity (Wildman–Crippen MR) is 146 cm³/mol. The normalized spacial score (nSPS) is 22.0. The van der Waals surface area contributed by atoms with Gasteiger partial charge < -0.3 is 30.2 Å². The molecule has 3 aromatic rings. The van der Waals surface area contributed by atoms with Crippen LogP contribution in [0, 0.1) is 12.3 Å². The number of carbonyl (C=O) groups excluding carboxylic acids is 1. The monoisotopic (exact) mass is 605 g/mol. The highest BCUT2D eigenvalue weighted by Crippen LogP contribution is 2.35. The van der Waals surface area contributed by atoms with Crippen molar-refractivity contribution in [3.05, 3.63) is 46.2 Å². The number of imidazole rings is 1. The Labute approximate surface area is 241 Å². The molecule has 0 radical (unpaired) electrons. The highest BCUT2D eigenvalue weighted by molar-refractivity contribution is 7.33. The maximum Gasteiger partial charge on any atom is 0.697 e. The minimum atomic E-state index is -2.61. The first-order valence-corrected chi connectivity index (χ1v) is 14.0. The fourth-order valence-electron chi connectivity index (χ4n) is 4.35. The Balaban J connectivity index is 1.32. The van der Waals surface area contributed by atoms with Crippen LogP contribution in [0.15, 0.2) is 24.5 Å². The zero-order valence-corrected chi connectivity index (χ0v) is 24.2. The largest absolute Gasteiger partial charge is 0.697 e. The van der Waals surface area contributed by atoms with Crippen molar-refractivity contribution in [2.45, 2.75) is 70.5 Å². The lowest BCUT2D eigenvalue weighted by Crippen LogP contribution is -2.33. The lowest BCUT2D eigenvalue weighted by Gasteiger charge is -2.16. The zero-order valence-electron chi connectivity index (χ0n) is 23.4. The van der Waals surface area contributed by atoms with E-state index in [-0.39, 0.29) is 36.2 Å². The van der Waals surface area contributed by atoms with E-state index in [9.17, 15) is 19.6 Å². The summed E-state index contributed by atoms with van der Waals surface area (Å²) >= 11 is 0. The summed E-state index contributed by atoms with van der Waals surface area (Å²) in [5.74, 6) is -0.575. The molecule has 1 fully saturated rings. The smallest absolute Gasteiger partial charge is 0.479 e. The van der Waals surface area contributed by atoms with Crippen LogP contribution in [0.2, 0.25) is 0 Å². The molecule has 3 heterocycles. The van der Waals surface area contributed by atoms with Crippen molar-refractivity contribution in [1.29, 1.82) is 5.39 Å². The van der Waals surface area contributed by atoms with Gasteiger partial charge in [0.25, 0.3) is 0 Å². The van der Waals surface area contributed by atoms with Gasteiger partial charge in [0.05, 0.1) is 13.4 Å². The van der Waals surface area contributed by atoms with Gasteiger partial charge in [-0.2, -0.15) is 9.97 Å². The second kappa shape index (κ2) is 13.4. The number of aromatic nitrogens is 4. The number of nitrogens with zero attached hydrogens (tertiary/aromatic N) is 6. The third-order valence-corrected chi connectivity index (χ3v) is 7.35. The van der Waals surface area contributed by atoms with Crippen molar-refractivity contribution in [1.82, 2.24) is 19.5 Å². The Morgan fingerprint density at radius 3 is 2.74 bits per heavy atom. The van der Waals surface area contributed by atoms with E-state index in [4.69, 9.17) is 34.4 Å². The number of hydrogen-bond donors (Lipinski definition) is 3. The van der Waals surface area contributed by atoms with E-state index in [2.05, 4.69) is 19.9 Å². The highest BCUT2D eigenvalue weighted by atomic mass is 31.1. The van der Waals surface area contributed by atoms with Gasteiger partial charge in [-0.3, -0.25) is 4.57 Å². The molecule has 7 unspecified atom stereocenters. The van der Waals surface area contributed by atoms with Gasteiger partial charge >= 0.3 is 20.3 Å². The quantitative estimate of drug-likeness (QED) is 0.153. The first-order valence-electron chi connectivity index (χ1n) is 12.9. The van der Waals surface area contributed by atoms with Gasteiger partial charge in [-0.15, -0.1) is 9.05 Å². The lowest BCUT2D eigenvalue weighted by molar-refractivity contribution is -0.148. The molecule has 0 amide bonds. The van der Waals surface area contributed by atoms with E-state index in [0.29, 0.717) is 6.42 Å². The Morgan fingerprint density at radius 1 is 1.26 bits per heavy atom. The topological polar surface area (TPSA) is 219 Å². The van der Waals surface area contributed by atoms with Gasteiger partial charge in [0.15, 0.2) is 17.4 Å². The number of aryl methyl sites for hydroxylation is 1. The number of anilines is 1. The lowest BCUT2D eigenvalue weighted by atomic mass is 10.0. The van der Waals surface area contributed by atoms with E-state index >= 15 is 0 Å². The van der Waals surface area contributed by atoms with Crippen molar-refractivity contribution < 1.29 is 42.8 Å². The average molecular weight is 606 g/mol. The van der Waals surface area contributed by atoms with Crippen LogP contribution in [0.1, 0.15) is 36.8 Å². The number of aliphatic hydroxyl groups excluding tert-OH is 2. The Kier molecular flexibility index (Phi) is 9.94. The maximum absolute atomic E-state index is 12.5. The molecule has 4 N–H and O–H groups in total. The molecule has 1 aromatic carbocycles. The standard InChI is InChI=1S/C25H32N7O9P/c1-12-5-6-15(7-13(2)40-24(35)14(3)31-27)8-16(12)9-38-42(36)39-10-17-19(33)20(34)23(41-17)32-11-28-18-21(32)29-25(26)30-22(18)37-4/h5-6,8,11,13-14,17,19-20,23,33-34H,7,9-10H2,1-4H3,(H2,26,29,30)/q+2. The van der Waals surface area contributed by atoms with Gasteiger partial charge in [-0.25, -0.2) is 9.78 Å². The Morgan fingerprint density at radius 2 is 2.02 bits per heavy atom. The molecule has 0 spiro atoms. The maximum atomic E-state index is 12.5. The number of nitrogen functional groups attached to an aromatic ring is 1. The Bertz CT molecular complexity index is 1500. The van der Waals surface area contributed by atoms with Crippen LogP contribution < -0.4 is 10.5 Å². The summed E-state index contributed by atoms with van der Waals surface area (Å²) in [7, 11) is -1.21. The summed E-state index contributed by atoms with van der Waals surface area (Å²) in [4.78, 5) is 27.0. The summed E-state index contributed by atoms with van der Waals surface area (Å²) in [5, 5.41) is 29.9. The number of carbonyl (C=O) groups is 1. The summed E-state index contributed by atoms with van der Waals surface area (Å²) in [6, 6.07) is 4.61. The van der Waals surface area contributed by atoms with Crippen LogP contribution in [-0.4, -0.2) is 79.9 Å². The average Bonchev–Trinajstić information content (AvgIpc) is 3.50. The molecule has 2 aromatic heterocycles. The number of esters is 1. The fraction of sp³-hybridized carbons (Fsp3) is 0.520. The molecule has 1 aliphatic heterocycles. The highest BCUT2D eigenvalue weighted by Gasteiger charge is 2.46. The van der Waals surface area contributed by atoms with Crippen LogP contribution in [0.3, 0.4) is 0 Å². The molecule has 1 aliphatic rings. The number of ether oxygens (including phenoxy) is 3. The van der Waals surface area contributed by atoms with Crippen LogP contribution in [0.5, 0.6) is 5.88 Å². The van der Waals surface area contributed by atoms with Crippen molar-refractivity contribution in [2.24, 2.45) is 0 Å². The molecule has 17 heteroatoms. The molecule has 16 nitrogen and oxygen atoms in total. The Hall–Kier alpha value is -3.84. The molecule has 0 saturated carbocycles. The van der Waals surface area contributed by atoms with Crippen LogP contribution in [-0.2, 0) is 40.9 Å². The van der Waals surface area contributed by atoms with Gasteiger partial charge in [0.1, 0.15) is 42.6 Å². The zero-order chi connectivity index (χ0) is 30.6. The third kappa shape index (κ3) is 6.96. The number of fused-ring (bicyclic) bond motifs is 1. The number of benzene rings is 1. The van der Waals surface area contributed by atoms with Crippen molar-refractivity contribution in [3.8, 4) is 5.88 Å². The molecule has 1 saturated heterocycles. The molecule has 0 aliphatic carbocycles. The first-order chi connectivity index (χ1) is 20.0. The van der Waals surface area contributed by atoms with E-state index in [1.165, 1.54) is 24.9 Å². The van der Waals surface area contributed by atoms with Gasteiger partial charge in [0.2, 0.25) is 17.2 Å². The number of diazo groups is 1. The minimum Gasteiger partial charge on any atom is -0.479 e.